The van der Waals surface area contributed by atoms with Gasteiger partial charge in [0, 0.05) is 5.56 Å². The molecule has 0 heterocycles. The van der Waals surface area contributed by atoms with E-state index in [-0.39, 0.29) is 36.0 Å². The first kappa shape index (κ1) is 20.4. The van der Waals surface area contributed by atoms with E-state index in [2.05, 4.69) is 5.32 Å². The van der Waals surface area contributed by atoms with E-state index in [9.17, 15) is 14.0 Å². The molecule has 0 saturated carbocycles. The number of carboxylic acids is 1. The lowest BCUT2D eigenvalue weighted by atomic mass is 10.1. The molecule has 2 rings (SSSR count). The average molecular weight is 368 g/mol. The van der Waals surface area contributed by atoms with Crippen LogP contribution in [0, 0.1) is 5.82 Å². The van der Waals surface area contributed by atoms with Crippen molar-refractivity contribution < 1.29 is 23.8 Å². The number of aryl methyl sites for hydroxylation is 1. The van der Waals surface area contributed by atoms with Gasteiger partial charge >= 0.3 is 5.97 Å². The molecule has 2 N–H and O–H groups in total. The molecule has 0 aromatic heterocycles. The quantitative estimate of drug-likeness (QED) is 0.713. The van der Waals surface area contributed by atoms with Crippen molar-refractivity contribution in [1.82, 2.24) is 0 Å². The first-order valence-electron chi connectivity index (χ1n) is 7.47. The van der Waals surface area contributed by atoms with Crippen LogP contribution in [0.4, 0.5) is 10.1 Å². The lowest BCUT2D eigenvalue weighted by molar-refractivity contribution is -0.134. The molecule has 0 bridgehead atoms. The smallest absolute Gasteiger partial charge is 0.322 e. The van der Waals surface area contributed by atoms with Crippen LogP contribution < -0.4 is 10.1 Å². The Kier molecular flexibility index (Phi) is 7.39. The van der Waals surface area contributed by atoms with Gasteiger partial charge in [-0.25, -0.2) is 4.39 Å². The number of ketones is 1. The molecule has 2 aromatic carbocycles. The number of Topliss-reactive ketones (excluding diaryl/α,β-unsaturated/α-hetero) is 1. The second-order valence-electron chi connectivity index (χ2n) is 5.23. The summed E-state index contributed by atoms with van der Waals surface area (Å²) in [5, 5.41) is 11.6. The van der Waals surface area contributed by atoms with Crippen LogP contribution in [-0.4, -0.2) is 23.4 Å². The Hall–Kier alpha value is -2.60. The van der Waals surface area contributed by atoms with Crippen LogP contribution in [0.5, 0.6) is 11.5 Å². The summed E-state index contributed by atoms with van der Waals surface area (Å²) >= 11 is 0. The molecule has 0 fully saturated rings. The van der Waals surface area contributed by atoms with Gasteiger partial charge in [0.25, 0.3) is 0 Å². The highest BCUT2D eigenvalue weighted by atomic mass is 35.5. The second-order valence-corrected chi connectivity index (χ2v) is 5.23. The molecule has 134 valence electrons. The Morgan fingerprint density at radius 1 is 1.16 bits per heavy atom. The molecular weight excluding hydrogens is 349 g/mol. The molecule has 0 atom stereocenters. The Bertz CT molecular complexity index is 780. The van der Waals surface area contributed by atoms with Crippen molar-refractivity contribution in [2.45, 2.75) is 20.3 Å². The van der Waals surface area contributed by atoms with Gasteiger partial charge in [0.05, 0.1) is 5.69 Å². The summed E-state index contributed by atoms with van der Waals surface area (Å²) in [7, 11) is 0. The number of carbonyl (C=O) groups is 2. The second kappa shape index (κ2) is 9.03. The van der Waals surface area contributed by atoms with Crippen molar-refractivity contribution in [3.8, 4) is 11.5 Å². The van der Waals surface area contributed by atoms with Gasteiger partial charge in [0.15, 0.2) is 23.1 Å². The van der Waals surface area contributed by atoms with Gasteiger partial charge in [0.2, 0.25) is 0 Å². The van der Waals surface area contributed by atoms with Crippen molar-refractivity contribution in [3.05, 3.63) is 53.3 Å². The number of hydrogen-bond donors (Lipinski definition) is 2. The van der Waals surface area contributed by atoms with Crippen LogP contribution in [0.2, 0.25) is 0 Å². The maximum absolute atomic E-state index is 14.1. The summed E-state index contributed by atoms with van der Waals surface area (Å²) in [6.07, 6.45) is 0.768. The number of nitrogens with one attached hydrogen (secondary N) is 1. The number of carboxylic acid groups (broad SMARTS) is 1. The SMILES string of the molecule is CCc1ccc(Oc2ccc(C(C)=O)cc2F)c(NCC(=O)O)c1.Cl. The highest BCUT2D eigenvalue weighted by Crippen LogP contribution is 2.32. The van der Waals surface area contributed by atoms with Crippen molar-refractivity contribution in [3.63, 3.8) is 0 Å². The summed E-state index contributed by atoms with van der Waals surface area (Å²) in [5.41, 5.74) is 1.71. The molecular formula is C18H19ClFNO4. The molecule has 0 unspecified atom stereocenters. The molecule has 7 heteroatoms. The van der Waals surface area contributed by atoms with E-state index >= 15 is 0 Å². The molecule has 2 aromatic rings. The van der Waals surface area contributed by atoms with Crippen LogP contribution in [-0.2, 0) is 11.2 Å². The number of rotatable bonds is 7. The summed E-state index contributed by atoms with van der Waals surface area (Å²) in [4.78, 5) is 22.0. The lowest BCUT2D eigenvalue weighted by Gasteiger charge is -2.14. The molecule has 0 spiro atoms. The number of hydrogen-bond acceptors (Lipinski definition) is 4. The van der Waals surface area contributed by atoms with Crippen LogP contribution in [0.25, 0.3) is 0 Å². The fraction of sp³-hybridized carbons (Fsp3) is 0.222. The number of aliphatic carboxylic acids is 1. The molecule has 0 amide bonds. The highest BCUT2D eigenvalue weighted by Gasteiger charge is 2.12. The van der Waals surface area contributed by atoms with Crippen LogP contribution in [0.15, 0.2) is 36.4 Å². The minimum absolute atomic E-state index is 0. The Balaban J connectivity index is 0.00000312. The third-order valence-corrected chi connectivity index (χ3v) is 3.44. The molecule has 0 saturated heterocycles. The predicted molar refractivity (Wildman–Crippen MR) is 95.7 cm³/mol. The molecule has 0 aliphatic rings. The van der Waals surface area contributed by atoms with Gasteiger partial charge in [-0.15, -0.1) is 12.4 Å². The number of benzene rings is 2. The van der Waals surface area contributed by atoms with Gasteiger partial charge in [-0.3, -0.25) is 9.59 Å². The van der Waals surface area contributed by atoms with Crippen molar-refractivity contribution in [2.75, 3.05) is 11.9 Å². The maximum Gasteiger partial charge on any atom is 0.322 e. The lowest BCUT2D eigenvalue weighted by Crippen LogP contribution is -2.13. The summed E-state index contributed by atoms with van der Waals surface area (Å²) < 4.78 is 19.7. The number of carbonyl (C=O) groups excluding carboxylic acids is 1. The Labute approximate surface area is 151 Å². The van der Waals surface area contributed by atoms with Gasteiger partial charge in [-0.2, -0.15) is 0 Å². The predicted octanol–water partition coefficient (Wildman–Crippen LogP) is 4.30. The summed E-state index contributed by atoms with van der Waals surface area (Å²) in [6.45, 7) is 3.04. The highest BCUT2D eigenvalue weighted by molar-refractivity contribution is 5.94. The monoisotopic (exact) mass is 367 g/mol. The standard InChI is InChI=1S/C18H18FNO4.ClH/c1-3-12-4-6-17(15(8-12)20-10-18(22)23)24-16-7-5-13(11(2)21)9-14(16)19;/h4-9,20H,3,10H2,1-2H3,(H,22,23);1H. The van der Waals surface area contributed by atoms with Gasteiger partial charge in [-0.05, 0) is 49.2 Å². The summed E-state index contributed by atoms with van der Waals surface area (Å²) in [5.74, 6) is -1.64. The van der Waals surface area contributed by atoms with Gasteiger partial charge in [-0.1, -0.05) is 13.0 Å². The summed E-state index contributed by atoms with van der Waals surface area (Å²) in [6, 6.07) is 9.21. The number of ether oxygens (including phenoxy) is 1. The zero-order valence-corrected chi connectivity index (χ0v) is 14.7. The van der Waals surface area contributed by atoms with E-state index in [1.807, 2.05) is 13.0 Å². The molecule has 0 aliphatic heterocycles. The normalized spacial score (nSPS) is 9.88. The first-order valence-corrected chi connectivity index (χ1v) is 7.47. The largest absolute Gasteiger partial charge is 0.480 e. The van der Waals surface area contributed by atoms with Crippen molar-refractivity contribution in [2.24, 2.45) is 0 Å². The number of halogens is 2. The van der Waals surface area contributed by atoms with E-state index in [1.165, 1.54) is 19.1 Å². The topological polar surface area (TPSA) is 75.6 Å². The maximum atomic E-state index is 14.1. The average Bonchev–Trinajstić information content (AvgIpc) is 2.55. The third-order valence-electron chi connectivity index (χ3n) is 3.44. The van der Waals surface area contributed by atoms with Crippen LogP contribution >= 0.6 is 12.4 Å². The third kappa shape index (κ3) is 5.46. The molecule has 0 aliphatic carbocycles. The van der Waals surface area contributed by atoms with Crippen molar-refractivity contribution in [1.29, 1.82) is 0 Å². The Morgan fingerprint density at radius 2 is 1.84 bits per heavy atom. The number of anilines is 1. The van der Waals surface area contributed by atoms with Crippen LogP contribution in [0.3, 0.4) is 0 Å². The zero-order chi connectivity index (χ0) is 17.7. The molecule has 0 radical (unpaired) electrons. The van der Waals surface area contributed by atoms with E-state index in [0.717, 1.165) is 18.1 Å². The molecule has 25 heavy (non-hydrogen) atoms. The van der Waals surface area contributed by atoms with Gasteiger partial charge in [0.1, 0.15) is 6.54 Å². The fourth-order valence-corrected chi connectivity index (χ4v) is 2.12. The van der Waals surface area contributed by atoms with E-state index in [1.54, 1.807) is 12.1 Å². The Morgan fingerprint density at radius 3 is 2.40 bits per heavy atom. The minimum Gasteiger partial charge on any atom is -0.480 e. The van der Waals surface area contributed by atoms with E-state index in [0.29, 0.717) is 11.4 Å². The van der Waals surface area contributed by atoms with Crippen LogP contribution in [0.1, 0.15) is 29.8 Å². The fourth-order valence-electron chi connectivity index (χ4n) is 2.12. The molecule has 5 nitrogen and oxygen atoms in total. The van der Waals surface area contributed by atoms with E-state index < -0.39 is 11.8 Å². The minimum atomic E-state index is -1.01. The van der Waals surface area contributed by atoms with Gasteiger partial charge < -0.3 is 15.2 Å². The van der Waals surface area contributed by atoms with Crippen molar-refractivity contribution >= 4 is 29.8 Å². The van der Waals surface area contributed by atoms with E-state index in [4.69, 9.17) is 9.84 Å². The first-order chi connectivity index (χ1) is 11.4. The zero-order valence-electron chi connectivity index (χ0n) is 13.8.